The van der Waals surface area contributed by atoms with Crippen LogP contribution in [0.3, 0.4) is 0 Å². The van der Waals surface area contributed by atoms with Crippen molar-refractivity contribution in [1.29, 1.82) is 0 Å². The largest absolute Gasteiger partial charge is 0.478 e. The molecule has 14 heavy (non-hydrogen) atoms. The summed E-state index contributed by atoms with van der Waals surface area (Å²) in [5.74, 6) is -1.00. The van der Waals surface area contributed by atoms with Gasteiger partial charge in [0.1, 0.15) is 0 Å². The van der Waals surface area contributed by atoms with Crippen LogP contribution < -0.4 is 11.1 Å². The van der Waals surface area contributed by atoms with Gasteiger partial charge in [-0.05, 0) is 32.0 Å². The molecule has 1 rings (SSSR count). The molecule has 76 valence electrons. The van der Waals surface area contributed by atoms with E-state index >= 15 is 0 Å². The van der Waals surface area contributed by atoms with Gasteiger partial charge in [0, 0.05) is 17.4 Å². The van der Waals surface area contributed by atoms with Gasteiger partial charge in [-0.1, -0.05) is 0 Å². The summed E-state index contributed by atoms with van der Waals surface area (Å²) < 4.78 is 0. The molecule has 0 aliphatic rings. The maximum Gasteiger partial charge on any atom is 0.337 e. The summed E-state index contributed by atoms with van der Waals surface area (Å²) in [6.07, 6.45) is 0. The van der Waals surface area contributed by atoms with Gasteiger partial charge in [-0.3, -0.25) is 0 Å². The van der Waals surface area contributed by atoms with Crippen molar-refractivity contribution in [2.45, 2.75) is 19.9 Å². The minimum Gasteiger partial charge on any atom is -0.478 e. The summed E-state index contributed by atoms with van der Waals surface area (Å²) in [6.45, 7) is 3.97. The van der Waals surface area contributed by atoms with Gasteiger partial charge in [-0.15, -0.1) is 0 Å². The molecule has 0 aromatic heterocycles. The third-order valence-corrected chi connectivity index (χ3v) is 1.74. The number of carbonyl (C=O) groups is 1. The number of hydrogen-bond acceptors (Lipinski definition) is 3. The van der Waals surface area contributed by atoms with Gasteiger partial charge in [0.25, 0.3) is 0 Å². The van der Waals surface area contributed by atoms with Crippen LogP contribution in [0.25, 0.3) is 0 Å². The zero-order valence-corrected chi connectivity index (χ0v) is 8.24. The Balaban J connectivity index is 3.00. The first-order valence-corrected chi connectivity index (χ1v) is 4.40. The molecule has 0 fully saturated rings. The summed E-state index contributed by atoms with van der Waals surface area (Å²) in [5.41, 5.74) is 6.70. The van der Waals surface area contributed by atoms with E-state index in [2.05, 4.69) is 5.32 Å². The number of anilines is 2. The van der Waals surface area contributed by atoms with Crippen LogP contribution in [0.1, 0.15) is 24.2 Å². The first-order chi connectivity index (χ1) is 6.50. The van der Waals surface area contributed by atoms with E-state index in [9.17, 15) is 4.79 Å². The van der Waals surface area contributed by atoms with Gasteiger partial charge in [-0.25, -0.2) is 4.79 Å². The predicted octanol–water partition coefficient (Wildman–Crippen LogP) is 1.79. The summed E-state index contributed by atoms with van der Waals surface area (Å²) >= 11 is 0. The first-order valence-electron chi connectivity index (χ1n) is 4.40. The highest BCUT2D eigenvalue weighted by Crippen LogP contribution is 2.18. The van der Waals surface area contributed by atoms with Gasteiger partial charge in [0.15, 0.2) is 0 Å². The average molecular weight is 194 g/mol. The standard InChI is InChI=1S/C10H14N2O2/c1-6(2)12-7-3-4-9(11)8(5-7)10(13)14/h3-6,12H,11H2,1-2H3,(H,13,14). The second-order valence-electron chi connectivity index (χ2n) is 3.41. The lowest BCUT2D eigenvalue weighted by Gasteiger charge is -2.11. The molecule has 0 unspecified atom stereocenters. The molecule has 0 aliphatic carbocycles. The monoisotopic (exact) mass is 194 g/mol. The Labute approximate surface area is 82.7 Å². The summed E-state index contributed by atoms with van der Waals surface area (Å²) in [4.78, 5) is 10.8. The highest BCUT2D eigenvalue weighted by atomic mass is 16.4. The molecule has 1 aromatic rings. The van der Waals surface area contributed by atoms with E-state index in [-0.39, 0.29) is 17.3 Å². The van der Waals surface area contributed by atoms with Gasteiger partial charge >= 0.3 is 5.97 Å². The van der Waals surface area contributed by atoms with Crippen LogP contribution in [0.5, 0.6) is 0 Å². The SMILES string of the molecule is CC(C)Nc1ccc(N)c(C(=O)O)c1. The van der Waals surface area contributed by atoms with E-state index in [0.717, 1.165) is 5.69 Å². The Morgan fingerprint density at radius 3 is 2.64 bits per heavy atom. The minimum atomic E-state index is -1.00. The van der Waals surface area contributed by atoms with Crippen molar-refractivity contribution < 1.29 is 9.90 Å². The van der Waals surface area contributed by atoms with Crippen LogP contribution in [-0.4, -0.2) is 17.1 Å². The Morgan fingerprint density at radius 1 is 1.50 bits per heavy atom. The van der Waals surface area contributed by atoms with E-state index in [0.29, 0.717) is 0 Å². The molecular weight excluding hydrogens is 180 g/mol. The molecule has 0 amide bonds. The molecule has 0 atom stereocenters. The van der Waals surface area contributed by atoms with E-state index in [1.165, 1.54) is 6.07 Å². The quantitative estimate of drug-likeness (QED) is 0.641. The van der Waals surface area contributed by atoms with Crippen LogP contribution in [0.15, 0.2) is 18.2 Å². The number of carboxylic acids is 1. The lowest BCUT2D eigenvalue weighted by Crippen LogP contribution is -2.11. The average Bonchev–Trinajstić information content (AvgIpc) is 2.07. The predicted molar refractivity (Wildman–Crippen MR) is 56.6 cm³/mol. The van der Waals surface area contributed by atoms with Gasteiger partial charge in [0.05, 0.1) is 5.56 Å². The Morgan fingerprint density at radius 2 is 2.14 bits per heavy atom. The number of carboxylic acid groups (broad SMARTS) is 1. The third-order valence-electron chi connectivity index (χ3n) is 1.74. The van der Waals surface area contributed by atoms with Crippen molar-refractivity contribution in [3.8, 4) is 0 Å². The number of nitrogens with one attached hydrogen (secondary N) is 1. The van der Waals surface area contributed by atoms with Crippen molar-refractivity contribution in [2.75, 3.05) is 11.1 Å². The Bertz CT molecular complexity index is 348. The second-order valence-corrected chi connectivity index (χ2v) is 3.41. The van der Waals surface area contributed by atoms with E-state index < -0.39 is 5.97 Å². The summed E-state index contributed by atoms with van der Waals surface area (Å²) in [5, 5.41) is 11.9. The molecule has 0 bridgehead atoms. The molecule has 0 aliphatic heterocycles. The van der Waals surface area contributed by atoms with E-state index in [1.54, 1.807) is 12.1 Å². The Kier molecular flexibility index (Phi) is 2.96. The van der Waals surface area contributed by atoms with Gasteiger partial charge < -0.3 is 16.2 Å². The smallest absolute Gasteiger partial charge is 0.337 e. The zero-order valence-electron chi connectivity index (χ0n) is 8.24. The molecule has 0 spiro atoms. The fourth-order valence-corrected chi connectivity index (χ4v) is 1.16. The van der Waals surface area contributed by atoms with Crippen LogP contribution in [-0.2, 0) is 0 Å². The van der Waals surface area contributed by atoms with Gasteiger partial charge in [0.2, 0.25) is 0 Å². The number of hydrogen-bond donors (Lipinski definition) is 3. The maximum absolute atomic E-state index is 10.8. The first kappa shape index (κ1) is 10.4. The van der Waals surface area contributed by atoms with Crippen molar-refractivity contribution in [3.63, 3.8) is 0 Å². The van der Waals surface area contributed by atoms with Crippen molar-refractivity contribution in [1.82, 2.24) is 0 Å². The van der Waals surface area contributed by atoms with Crippen molar-refractivity contribution in [3.05, 3.63) is 23.8 Å². The maximum atomic E-state index is 10.8. The zero-order chi connectivity index (χ0) is 10.7. The molecular formula is C10H14N2O2. The number of aromatic carboxylic acids is 1. The third kappa shape index (κ3) is 2.39. The highest BCUT2D eigenvalue weighted by Gasteiger charge is 2.08. The molecule has 4 N–H and O–H groups in total. The van der Waals surface area contributed by atoms with Crippen LogP contribution in [0.4, 0.5) is 11.4 Å². The lowest BCUT2D eigenvalue weighted by atomic mass is 10.1. The Hall–Kier alpha value is -1.71. The molecule has 0 heterocycles. The van der Waals surface area contributed by atoms with E-state index in [4.69, 9.17) is 10.8 Å². The van der Waals surface area contributed by atoms with Gasteiger partial charge in [-0.2, -0.15) is 0 Å². The topological polar surface area (TPSA) is 75.3 Å². The number of rotatable bonds is 3. The highest BCUT2D eigenvalue weighted by molar-refractivity contribution is 5.94. The molecule has 4 nitrogen and oxygen atoms in total. The van der Waals surface area contributed by atoms with Crippen LogP contribution in [0, 0.1) is 0 Å². The second kappa shape index (κ2) is 4.00. The number of benzene rings is 1. The lowest BCUT2D eigenvalue weighted by molar-refractivity contribution is 0.0698. The number of nitrogen functional groups attached to an aromatic ring is 1. The fourth-order valence-electron chi connectivity index (χ4n) is 1.16. The fraction of sp³-hybridized carbons (Fsp3) is 0.300. The van der Waals surface area contributed by atoms with Crippen LogP contribution in [0.2, 0.25) is 0 Å². The summed E-state index contributed by atoms with van der Waals surface area (Å²) in [6, 6.07) is 5.16. The molecule has 0 saturated heterocycles. The van der Waals surface area contributed by atoms with Crippen molar-refractivity contribution in [2.24, 2.45) is 0 Å². The number of nitrogens with two attached hydrogens (primary N) is 1. The molecule has 1 aromatic carbocycles. The molecule has 0 saturated carbocycles. The summed E-state index contributed by atoms with van der Waals surface area (Å²) in [7, 11) is 0. The molecule has 4 heteroatoms. The van der Waals surface area contributed by atoms with Crippen LogP contribution >= 0.6 is 0 Å². The normalized spacial score (nSPS) is 10.2. The minimum absolute atomic E-state index is 0.135. The van der Waals surface area contributed by atoms with E-state index in [1.807, 2.05) is 13.8 Å². The molecule has 0 radical (unpaired) electrons. The van der Waals surface area contributed by atoms with Crippen molar-refractivity contribution >= 4 is 17.3 Å².